The zero-order chi connectivity index (χ0) is 17.7. The Morgan fingerprint density at radius 1 is 1.25 bits per heavy atom. The van der Waals surface area contributed by atoms with Crippen molar-refractivity contribution in [2.45, 2.75) is 6.10 Å². The molecule has 2 rings (SSSR count). The summed E-state index contributed by atoms with van der Waals surface area (Å²) in [5.41, 5.74) is 0.734. The van der Waals surface area contributed by atoms with Crippen LogP contribution in [0, 0.1) is 10.1 Å². The van der Waals surface area contributed by atoms with Crippen molar-refractivity contribution in [2.75, 3.05) is 11.9 Å². The normalized spacial score (nSPS) is 11.6. The highest BCUT2D eigenvalue weighted by Crippen LogP contribution is 2.15. The van der Waals surface area contributed by atoms with Crippen LogP contribution in [-0.4, -0.2) is 33.0 Å². The van der Waals surface area contributed by atoms with E-state index in [-0.39, 0.29) is 17.9 Å². The smallest absolute Gasteiger partial charge is 0.313 e. The van der Waals surface area contributed by atoms with Gasteiger partial charge in [0.1, 0.15) is 6.10 Å². The van der Waals surface area contributed by atoms with Crippen LogP contribution in [0.3, 0.4) is 0 Å². The van der Waals surface area contributed by atoms with Gasteiger partial charge < -0.3 is 20.3 Å². The minimum absolute atomic E-state index is 0.121. The standard InChI is InChI=1S/C15H16N4O5/c1-18-8-2-3-12(18)13(20)9-16-14(21)15(22)17-10-4-6-11(7-5-10)19(23)24/h2-8,13,20H,9H2,1H3,(H,16,21)(H,17,22). The number of aliphatic hydroxyl groups excluding tert-OH is 1. The van der Waals surface area contributed by atoms with Gasteiger partial charge in [0.2, 0.25) is 0 Å². The first-order chi connectivity index (χ1) is 11.4. The fraction of sp³-hybridized carbons (Fsp3) is 0.200. The average molecular weight is 332 g/mol. The Kier molecular flexibility index (Phi) is 5.27. The number of nitrogens with zero attached hydrogens (tertiary/aromatic N) is 2. The number of non-ortho nitro benzene ring substituents is 1. The largest absolute Gasteiger partial charge is 0.385 e. The molecule has 1 unspecified atom stereocenters. The fourth-order valence-corrected chi connectivity index (χ4v) is 2.05. The van der Waals surface area contributed by atoms with Crippen LogP contribution in [0.1, 0.15) is 11.8 Å². The van der Waals surface area contributed by atoms with Gasteiger partial charge in [-0.1, -0.05) is 0 Å². The lowest BCUT2D eigenvalue weighted by molar-refractivity contribution is -0.384. The maximum atomic E-state index is 11.8. The Morgan fingerprint density at radius 2 is 1.92 bits per heavy atom. The molecule has 0 spiro atoms. The van der Waals surface area contributed by atoms with Crippen LogP contribution in [0.4, 0.5) is 11.4 Å². The molecule has 2 amide bonds. The van der Waals surface area contributed by atoms with Gasteiger partial charge in [-0.25, -0.2) is 0 Å². The summed E-state index contributed by atoms with van der Waals surface area (Å²) >= 11 is 0. The van der Waals surface area contributed by atoms with Crippen molar-refractivity contribution in [1.82, 2.24) is 9.88 Å². The van der Waals surface area contributed by atoms with Crippen molar-refractivity contribution < 1.29 is 19.6 Å². The number of aromatic nitrogens is 1. The summed E-state index contributed by atoms with van der Waals surface area (Å²) in [6.07, 6.45) is 0.808. The van der Waals surface area contributed by atoms with E-state index < -0.39 is 22.8 Å². The minimum atomic E-state index is -0.943. The third-order valence-electron chi connectivity index (χ3n) is 3.32. The van der Waals surface area contributed by atoms with Crippen molar-refractivity contribution in [3.63, 3.8) is 0 Å². The fourth-order valence-electron chi connectivity index (χ4n) is 2.05. The summed E-state index contributed by atoms with van der Waals surface area (Å²) in [5.74, 6) is -1.84. The molecule has 0 bridgehead atoms. The number of nitrogens with one attached hydrogen (secondary N) is 2. The molecule has 0 saturated heterocycles. The van der Waals surface area contributed by atoms with E-state index in [1.807, 2.05) is 0 Å². The van der Waals surface area contributed by atoms with Crippen LogP contribution < -0.4 is 10.6 Å². The number of aliphatic hydroxyl groups is 1. The first-order valence-electron chi connectivity index (χ1n) is 7.01. The highest BCUT2D eigenvalue weighted by Gasteiger charge is 2.17. The molecule has 9 nitrogen and oxygen atoms in total. The lowest BCUT2D eigenvalue weighted by Gasteiger charge is -2.13. The molecule has 0 aliphatic rings. The van der Waals surface area contributed by atoms with Gasteiger partial charge in [-0.3, -0.25) is 19.7 Å². The molecule has 1 heterocycles. The highest BCUT2D eigenvalue weighted by atomic mass is 16.6. The minimum Gasteiger partial charge on any atom is -0.385 e. The molecule has 24 heavy (non-hydrogen) atoms. The van der Waals surface area contributed by atoms with Gasteiger partial charge in [0, 0.05) is 43.3 Å². The molecule has 9 heteroatoms. The van der Waals surface area contributed by atoms with Crippen LogP contribution in [0.2, 0.25) is 0 Å². The van der Waals surface area contributed by atoms with Gasteiger partial charge >= 0.3 is 11.8 Å². The number of carbonyl (C=O) groups excluding carboxylic acids is 2. The maximum Gasteiger partial charge on any atom is 0.313 e. The lowest BCUT2D eigenvalue weighted by Crippen LogP contribution is -2.37. The second-order valence-corrected chi connectivity index (χ2v) is 5.03. The van der Waals surface area contributed by atoms with E-state index in [1.165, 1.54) is 24.3 Å². The monoisotopic (exact) mass is 332 g/mol. The summed E-state index contributed by atoms with van der Waals surface area (Å²) in [5, 5.41) is 25.1. The highest BCUT2D eigenvalue weighted by molar-refractivity contribution is 6.39. The molecule has 1 aromatic heterocycles. The SMILES string of the molecule is Cn1cccc1C(O)CNC(=O)C(=O)Nc1ccc([N+](=O)[O-])cc1. The Labute approximate surface area is 137 Å². The number of amides is 2. The average Bonchev–Trinajstić information content (AvgIpc) is 2.98. The molecule has 0 radical (unpaired) electrons. The van der Waals surface area contributed by atoms with Crippen LogP contribution in [0.15, 0.2) is 42.6 Å². The van der Waals surface area contributed by atoms with Gasteiger partial charge in [0.15, 0.2) is 0 Å². The van der Waals surface area contributed by atoms with E-state index in [2.05, 4.69) is 10.6 Å². The maximum absolute atomic E-state index is 11.8. The Balaban J connectivity index is 1.87. The predicted molar refractivity (Wildman–Crippen MR) is 85.1 cm³/mol. The number of carbonyl (C=O) groups is 2. The molecule has 0 aliphatic carbocycles. The van der Waals surface area contributed by atoms with Gasteiger partial charge in [-0.15, -0.1) is 0 Å². The van der Waals surface area contributed by atoms with Crippen molar-refractivity contribution in [3.8, 4) is 0 Å². The summed E-state index contributed by atoms with van der Waals surface area (Å²) in [6.45, 7) is -0.121. The number of benzene rings is 1. The molecule has 1 aromatic carbocycles. The molecular weight excluding hydrogens is 316 g/mol. The van der Waals surface area contributed by atoms with Crippen molar-refractivity contribution in [2.24, 2.45) is 7.05 Å². The number of hydrogen-bond acceptors (Lipinski definition) is 5. The second-order valence-electron chi connectivity index (χ2n) is 5.03. The number of nitro groups is 1. The van der Waals surface area contributed by atoms with E-state index in [0.717, 1.165) is 0 Å². The van der Waals surface area contributed by atoms with Crippen LogP contribution in [-0.2, 0) is 16.6 Å². The van der Waals surface area contributed by atoms with Crippen LogP contribution >= 0.6 is 0 Å². The first kappa shape index (κ1) is 17.2. The van der Waals surface area contributed by atoms with Gasteiger partial charge in [-0.2, -0.15) is 0 Å². The molecule has 3 N–H and O–H groups in total. The lowest BCUT2D eigenvalue weighted by atomic mass is 10.2. The summed E-state index contributed by atoms with van der Waals surface area (Å²) in [4.78, 5) is 33.5. The van der Waals surface area contributed by atoms with Gasteiger partial charge in [-0.05, 0) is 24.3 Å². The number of aryl methyl sites for hydroxylation is 1. The third-order valence-corrected chi connectivity index (χ3v) is 3.32. The zero-order valence-corrected chi connectivity index (χ0v) is 12.8. The zero-order valence-electron chi connectivity index (χ0n) is 12.8. The van der Waals surface area contributed by atoms with Gasteiger partial charge in [0.05, 0.1) is 4.92 Å². The summed E-state index contributed by atoms with van der Waals surface area (Å²) in [6, 6.07) is 8.53. The first-order valence-corrected chi connectivity index (χ1v) is 7.01. The summed E-state index contributed by atoms with van der Waals surface area (Å²) in [7, 11) is 1.75. The predicted octanol–water partition coefficient (Wildman–Crippen LogP) is 0.722. The molecule has 0 saturated carbocycles. The topological polar surface area (TPSA) is 126 Å². The number of rotatable bonds is 5. The van der Waals surface area contributed by atoms with Gasteiger partial charge in [0.25, 0.3) is 5.69 Å². The Bertz CT molecular complexity index is 753. The Morgan fingerprint density at radius 3 is 2.46 bits per heavy atom. The van der Waals surface area contributed by atoms with E-state index in [9.17, 15) is 24.8 Å². The van der Waals surface area contributed by atoms with Crippen molar-refractivity contribution >= 4 is 23.2 Å². The quantitative estimate of drug-likeness (QED) is 0.422. The third kappa shape index (κ3) is 4.17. The summed E-state index contributed by atoms with van der Waals surface area (Å²) < 4.78 is 1.70. The van der Waals surface area contributed by atoms with Crippen molar-refractivity contribution in [3.05, 3.63) is 58.4 Å². The van der Waals surface area contributed by atoms with E-state index in [4.69, 9.17) is 0 Å². The van der Waals surface area contributed by atoms with Crippen LogP contribution in [0.25, 0.3) is 0 Å². The molecule has 0 fully saturated rings. The van der Waals surface area contributed by atoms with Crippen LogP contribution in [0.5, 0.6) is 0 Å². The number of nitro benzene ring substituents is 1. The van der Waals surface area contributed by atoms with Crippen molar-refractivity contribution in [1.29, 1.82) is 0 Å². The molecular formula is C15H16N4O5. The number of hydrogen-bond donors (Lipinski definition) is 3. The Hall–Kier alpha value is -3.20. The molecule has 0 aliphatic heterocycles. The van der Waals surface area contributed by atoms with E-state index >= 15 is 0 Å². The second kappa shape index (κ2) is 7.38. The number of anilines is 1. The van der Waals surface area contributed by atoms with E-state index in [1.54, 1.807) is 29.9 Å². The molecule has 2 aromatic rings. The molecule has 126 valence electrons. The van der Waals surface area contributed by atoms with E-state index in [0.29, 0.717) is 5.69 Å². The molecule has 1 atom stereocenters.